The van der Waals surface area contributed by atoms with Crippen molar-refractivity contribution in [1.29, 1.82) is 0 Å². The van der Waals surface area contributed by atoms with E-state index in [1.54, 1.807) is 12.3 Å². The van der Waals surface area contributed by atoms with Gasteiger partial charge in [0, 0.05) is 57.0 Å². The monoisotopic (exact) mass is 666 g/mol. The normalized spacial score (nSPS) is 21.4. The van der Waals surface area contributed by atoms with Gasteiger partial charge in [0.15, 0.2) is 0 Å². The highest BCUT2D eigenvalue weighted by atomic mass is 16.6. The highest BCUT2D eigenvalue weighted by molar-refractivity contribution is 5.90. The molecule has 0 aliphatic carbocycles. The van der Waals surface area contributed by atoms with Crippen LogP contribution >= 0.6 is 0 Å². The molecule has 3 fully saturated rings. The topological polar surface area (TPSA) is 178 Å². The number of ether oxygens (including phenoxy) is 1. The number of fused-ring (bicyclic) bond motifs is 2. The van der Waals surface area contributed by atoms with Gasteiger partial charge in [-0.25, -0.2) is 19.2 Å². The Labute approximate surface area is 279 Å². The third-order valence-corrected chi connectivity index (χ3v) is 9.03. The minimum Gasteiger partial charge on any atom is -0.465 e. The third-order valence-electron chi connectivity index (χ3n) is 9.03. The number of urea groups is 1. The molecule has 0 spiro atoms. The van der Waals surface area contributed by atoms with Gasteiger partial charge < -0.3 is 30.3 Å². The molecule has 48 heavy (non-hydrogen) atoms. The quantitative estimate of drug-likeness (QED) is 0.346. The Hall–Kier alpha value is -4.66. The van der Waals surface area contributed by atoms with Crippen molar-refractivity contribution >= 4 is 29.9 Å². The fourth-order valence-corrected chi connectivity index (χ4v) is 6.78. The summed E-state index contributed by atoms with van der Waals surface area (Å²) in [6, 6.07) is 9.75. The summed E-state index contributed by atoms with van der Waals surface area (Å²) < 4.78 is 6.86. The van der Waals surface area contributed by atoms with E-state index in [-0.39, 0.29) is 50.0 Å². The van der Waals surface area contributed by atoms with Crippen molar-refractivity contribution in [1.82, 2.24) is 34.9 Å². The molecule has 3 aliphatic heterocycles. The molecule has 0 radical (unpaired) electrons. The lowest BCUT2D eigenvalue weighted by molar-refractivity contribution is -0.138. The van der Waals surface area contributed by atoms with E-state index < -0.39 is 29.0 Å². The fourth-order valence-electron chi connectivity index (χ4n) is 6.78. The third kappa shape index (κ3) is 8.43. The molecule has 260 valence electrons. The van der Waals surface area contributed by atoms with Crippen molar-refractivity contribution in [2.45, 2.75) is 96.1 Å². The molecule has 1 aromatic carbocycles. The Kier molecular flexibility index (Phi) is 9.99. The second-order valence-electron chi connectivity index (χ2n) is 14.3. The van der Waals surface area contributed by atoms with Crippen LogP contribution in [0.1, 0.15) is 65.9 Å². The van der Waals surface area contributed by atoms with Gasteiger partial charge in [-0.15, -0.1) is 0 Å². The maximum absolute atomic E-state index is 12.9. The number of anilines is 1. The van der Waals surface area contributed by atoms with Crippen LogP contribution < -0.4 is 21.6 Å². The molecule has 0 unspecified atom stereocenters. The number of nitrogens with zero attached hydrogens (tertiary/aromatic N) is 5. The molecule has 3 aliphatic rings. The first kappa shape index (κ1) is 34.7. The maximum Gasteiger partial charge on any atom is 0.407 e. The highest BCUT2D eigenvalue weighted by Gasteiger charge is 2.41. The molecular formula is C33H46N8O7. The molecule has 15 nitrogen and oxygen atoms in total. The highest BCUT2D eigenvalue weighted by Crippen LogP contribution is 2.37. The second-order valence-corrected chi connectivity index (χ2v) is 14.3. The van der Waals surface area contributed by atoms with Crippen LogP contribution in [0.4, 0.5) is 20.2 Å². The Bertz CT molecular complexity index is 1560. The lowest BCUT2D eigenvalue weighted by Crippen LogP contribution is -2.60. The second kappa shape index (κ2) is 13.8. The molecule has 5 rings (SSSR count). The maximum atomic E-state index is 12.9. The van der Waals surface area contributed by atoms with Crippen molar-refractivity contribution < 1.29 is 29.0 Å². The van der Waals surface area contributed by atoms with Gasteiger partial charge in [0.2, 0.25) is 5.91 Å². The SMILES string of the molecule is CC(C)(C)OC(=O)N[C@@H]1C[C@H]2CC[C@@H](C1)N2Cc1ccc(-n2ccc(NC(=O)N3CCN(C(=O)C(C)(C)NC(=O)O)CC3)nc2=O)cc1. The Morgan fingerprint density at radius 3 is 2.08 bits per heavy atom. The Morgan fingerprint density at radius 1 is 0.917 bits per heavy atom. The predicted octanol–water partition coefficient (Wildman–Crippen LogP) is 2.97. The van der Waals surface area contributed by atoms with Crippen molar-refractivity contribution in [2.24, 2.45) is 0 Å². The fraction of sp³-hybridized carbons (Fsp3) is 0.576. The lowest BCUT2D eigenvalue weighted by Gasteiger charge is -2.39. The lowest BCUT2D eigenvalue weighted by atomic mass is 9.96. The molecule has 4 heterocycles. The van der Waals surface area contributed by atoms with E-state index in [1.165, 1.54) is 28.2 Å². The van der Waals surface area contributed by atoms with E-state index in [4.69, 9.17) is 9.84 Å². The average molecular weight is 667 g/mol. The Morgan fingerprint density at radius 2 is 1.52 bits per heavy atom. The molecule has 1 aromatic heterocycles. The van der Waals surface area contributed by atoms with Gasteiger partial charge in [-0.1, -0.05) is 12.1 Å². The number of carbonyl (C=O) groups is 4. The number of carbonyl (C=O) groups excluding carboxylic acids is 3. The zero-order valence-electron chi connectivity index (χ0n) is 28.2. The van der Waals surface area contributed by atoms with Crippen LogP contribution in [0.3, 0.4) is 0 Å². The molecule has 2 bridgehead atoms. The van der Waals surface area contributed by atoms with Gasteiger partial charge in [-0.2, -0.15) is 4.98 Å². The van der Waals surface area contributed by atoms with Crippen LogP contribution in [0.25, 0.3) is 5.69 Å². The van der Waals surface area contributed by atoms with Gasteiger partial charge in [0.1, 0.15) is 17.0 Å². The van der Waals surface area contributed by atoms with E-state index in [2.05, 4.69) is 25.8 Å². The summed E-state index contributed by atoms with van der Waals surface area (Å²) in [6.45, 7) is 10.3. The number of piperazine rings is 1. The molecule has 5 amide bonds. The first-order valence-corrected chi connectivity index (χ1v) is 16.4. The number of piperidine rings is 1. The summed E-state index contributed by atoms with van der Waals surface area (Å²) in [5.74, 6) is -0.257. The number of aromatic nitrogens is 2. The van der Waals surface area contributed by atoms with Crippen LogP contribution in [0.5, 0.6) is 0 Å². The van der Waals surface area contributed by atoms with Crippen LogP contribution in [-0.4, -0.2) is 109 Å². The summed E-state index contributed by atoms with van der Waals surface area (Å²) in [5.41, 5.74) is -0.575. The number of benzene rings is 1. The predicted molar refractivity (Wildman–Crippen MR) is 177 cm³/mol. The summed E-state index contributed by atoms with van der Waals surface area (Å²) in [6.07, 6.45) is 3.88. The number of hydrogen-bond donors (Lipinski definition) is 4. The van der Waals surface area contributed by atoms with Crippen molar-refractivity contribution in [3.63, 3.8) is 0 Å². The standard InChI is InChI=1S/C33H46N8O7/c1-32(2,3)48-31(47)34-22-18-24-10-11-25(19-22)41(24)20-21-6-8-23(9-7-21)40-13-12-26(36-29(40)44)35-28(43)39-16-14-38(15-17-39)27(42)33(4,5)37-30(45)46/h6-9,12-13,22,24-25,37H,10-11,14-20H2,1-5H3,(H,34,47)(H,45,46)(H,35,36,43,44)/t22-,24-,25+. The summed E-state index contributed by atoms with van der Waals surface area (Å²) in [5, 5.41) is 16.9. The van der Waals surface area contributed by atoms with Crippen LogP contribution in [-0.2, 0) is 16.1 Å². The summed E-state index contributed by atoms with van der Waals surface area (Å²) in [7, 11) is 0. The van der Waals surface area contributed by atoms with Gasteiger partial charge >= 0.3 is 23.9 Å². The van der Waals surface area contributed by atoms with Gasteiger partial charge in [0.05, 0.1) is 5.69 Å². The molecule has 15 heteroatoms. The first-order chi connectivity index (χ1) is 22.6. The van der Waals surface area contributed by atoms with Crippen LogP contribution in [0.2, 0.25) is 0 Å². The largest absolute Gasteiger partial charge is 0.465 e. The zero-order valence-corrected chi connectivity index (χ0v) is 28.2. The van der Waals surface area contributed by atoms with Gasteiger partial charge in [-0.3, -0.25) is 19.6 Å². The zero-order chi connectivity index (χ0) is 34.8. The summed E-state index contributed by atoms with van der Waals surface area (Å²) >= 11 is 0. The average Bonchev–Trinajstić information content (AvgIpc) is 3.22. The number of amides is 5. The van der Waals surface area contributed by atoms with E-state index in [0.29, 0.717) is 17.8 Å². The molecule has 3 saturated heterocycles. The molecule has 3 atom stereocenters. The first-order valence-electron chi connectivity index (χ1n) is 16.4. The van der Waals surface area contributed by atoms with Crippen molar-refractivity contribution in [3.8, 4) is 5.69 Å². The number of hydrogen-bond acceptors (Lipinski definition) is 8. The number of rotatable bonds is 7. The minimum atomic E-state index is -1.29. The van der Waals surface area contributed by atoms with Crippen LogP contribution in [0.15, 0.2) is 41.3 Å². The molecule has 2 aromatic rings. The number of alkyl carbamates (subject to hydrolysis) is 1. The van der Waals surface area contributed by atoms with Gasteiger partial charge in [-0.05, 0) is 84.1 Å². The molecule has 4 N–H and O–H groups in total. The van der Waals surface area contributed by atoms with Crippen molar-refractivity contribution in [2.75, 3.05) is 31.5 Å². The smallest absolute Gasteiger partial charge is 0.407 e. The van der Waals surface area contributed by atoms with Crippen molar-refractivity contribution in [3.05, 3.63) is 52.6 Å². The molecular weight excluding hydrogens is 620 g/mol. The van der Waals surface area contributed by atoms with E-state index in [1.807, 2.05) is 45.0 Å². The molecule has 0 saturated carbocycles. The summed E-state index contributed by atoms with van der Waals surface area (Å²) in [4.78, 5) is 71.4. The van der Waals surface area contributed by atoms with Gasteiger partial charge in [0.25, 0.3) is 0 Å². The van der Waals surface area contributed by atoms with E-state index in [9.17, 15) is 24.0 Å². The Balaban J connectivity index is 1.12. The number of nitrogens with one attached hydrogen (secondary N) is 3. The number of carboxylic acid groups (broad SMARTS) is 1. The minimum absolute atomic E-state index is 0.103. The van der Waals surface area contributed by atoms with E-state index >= 15 is 0 Å². The van der Waals surface area contributed by atoms with Crippen LogP contribution in [0, 0.1) is 0 Å². The van der Waals surface area contributed by atoms with E-state index in [0.717, 1.165) is 37.8 Å².